The molecule has 2 aromatic rings. The highest BCUT2D eigenvalue weighted by molar-refractivity contribution is 5.77. The van der Waals surface area contributed by atoms with Gasteiger partial charge in [0.25, 0.3) is 5.91 Å². The Labute approximate surface area is 128 Å². The molecule has 4 nitrogen and oxygen atoms in total. The molecule has 5 heteroatoms. The Morgan fingerprint density at radius 3 is 2.45 bits per heavy atom. The van der Waals surface area contributed by atoms with Crippen LogP contribution in [0.2, 0.25) is 0 Å². The highest BCUT2D eigenvalue weighted by Gasteiger charge is 2.04. The van der Waals surface area contributed by atoms with E-state index in [1.165, 1.54) is 12.1 Å². The predicted octanol–water partition coefficient (Wildman–Crippen LogP) is 2.92. The van der Waals surface area contributed by atoms with Gasteiger partial charge in [0.2, 0.25) is 0 Å². The second-order valence-electron chi connectivity index (χ2n) is 4.60. The molecule has 0 atom stereocenters. The summed E-state index contributed by atoms with van der Waals surface area (Å²) in [4.78, 5) is 11.7. The molecule has 22 heavy (non-hydrogen) atoms. The van der Waals surface area contributed by atoms with Crippen LogP contribution < -0.4 is 14.8 Å². The minimum Gasteiger partial charge on any atom is -0.494 e. The van der Waals surface area contributed by atoms with Gasteiger partial charge in [-0.2, -0.15) is 0 Å². The van der Waals surface area contributed by atoms with Crippen LogP contribution in [0.4, 0.5) is 4.39 Å². The van der Waals surface area contributed by atoms with Gasteiger partial charge in [0, 0.05) is 12.6 Å². The molecule has 0 aromatic heterocycles. The zero-order valence-electron chi connectivity index (χ0n) is 12.3. The molecular weight excluding hydrogens is 285 g/mol. The lowest BCUT2D eigenvalue weighted by molar-refractivity contribution is -0.123. The predicted molar refractivity (Wildman–Crippen MR) is 81.4 cm³/mol. The minimum atomic E-state index is -0.299. The van der Waals surface area contributed by atoms with Crippen molar-refractivity contribution < 1.29 is 18.7 Å². The maximum Gasteiger partial charge on any atom is 0.258 e. The molecule has 1 amide bonds. The second-order valence-corrected chi connectivity index (χ2v) is 4.60. The molecule has 1 N–H and O–H groups in total. The van der Waals surface area contributed by atoms with E-state index in [4.69, 9.17) is 9.47 Å². The first-order valence-electron chi connectivity index (χ1n) is 7.04. The van der Waals surface area contributed by atoms with Crippen LogP contribution in [0.3, 0.4) is 0 Å². The van der Waals surface area contributed by atoms with Gasteiger partial charge in [-0.05, 0) is 36.8 Å². The molecule has 0 heterocycles. The van der Waals surface area contributed by atoms with E-state index in [-0.39, 0.29) is 18.3 Å². The normalized spacial score (nSPS) is 10.1. The van der Waals surface area contributed by atoms with E-state index in [0.29, 0.717) is 24.7 Å². The van der Waals surface area contributed by atoms with Crippen LogP contribution in [0.1, 0.15) is 12.5 Å². The Morgan fingerprint density at radius 1 is 1.09 bits per heavy atom. The number of carbonyl (C=O) groups excluding carboxylic acids is 1. The van der Waals surface area contributed by atoms with Crippen molar-refractivity contribution in [1.29, 1.82) is 0 Å². The summed E-state index contributed by atoms with van der Waals surface area (Å²) in [5.74, 6) is 0.730. The highest BCUT2D eigenvalue weighted by Crippen LogP contribution is 2.19. The highest BCUT2D eigenvalue weighted by atomic mass is 19.1. The fourth-order valence-corrected chi connectivity index (χ4v) is 1.82. The third kappa shape index (κ3) is 5.09. The van der Waals surface area contributed by atoms with Gasteiger partial charge in [0.1, 0.15) is 17.3 Å². The topological polar surface area (TPSA) is 47.6 Å². The SMILES string of the molecule is CCOc1cccc(OCC(=O)NCc2ccc(F)cc2)c1. The van der Waals surface area contributed by atoms with Crippen LogP contribution in [-0.2, 0) is 11.3 Å². The summed E-state index contributed by atoms with van der Waals surface area (Å²) in [6.07, 6.45) is 0. The first-order chi connectivity index (χ1) is 10.7. The summed E-state index contributed by atoms with van der Waals surface area (Å²) >= 11 is 0. The van der Waals surface area contributed by atoms with E-state index in [1.54, 1.807) is 30.3 Å². The van der Waals surface area contributed by atoms with Crippen molar-refractivity contribution in [2.45, 2.75) is 13.5 Å². The van der Waals surface area contributed by atoms with E-state index < -0.39 is 0 Å². The van der Waals surface area contributed by atoms with E-state index in [2.05, 4.69) is 5.32 Å². The third-order valence-corrected chi connectivity index (χ3v) is 2.89. The summed E-state index contributed by atoms with van der Waals surface area (Å²) < 4.78 is 23.5. The molecule has 0 aliphatic rings. The summed E-state index contributed by atoms with van der Waals surface area (Å²) in [6.45, 7) is 2.72. The zero-order valence-corrected chi connectivity index (χ0v) is 12.3. The lowest BCUT2D eigenvalue weighted by Crippen LogP contribution is -2.28. The van der Waals surface area contributed by atoms with Gasteiger partial charge in [-0.15, -0.1) is 0 Å². The molecule has 0 saturated carbocycles. The number of halogens is 1. The van der Waals surface area contributed by atoms with E-state index in [9.17, 15) is 9.18 Å². The van der Waals surface area contributed by atoms with Gasteiger partial charge in [0.05, 0.1) is 6.61 Å². The first kappa shape index (κ1) is 15.8. The molecular formula is C17H18FNO3. The van der Waals surface area contributed by atoms with Crippen molar-refractivity contribution in [3.63, 3.8) is 0 Å². The molecule has 0 radical (unpaired) electrons. The van der Waals surface area contributed by atoms with Crippen molar-refractivity contribution >= 4 is 5.91 Å². The average molecular weight is 303 g/mol. The average Bonchev–Trinajstić information content (AvgIpc) is 2.53. The third-order valence-electron chi connectivity index (χ3n) is 2.89. The Balaban J connectivity index is 1.77. The quantitative estimate of drug-likeness (QED) is 0.855. The van der Waals surface area contributed by atoms with E-state index in [0.717, 1.165) is 5.56 Å². The lowest BCUT2D eigenvalue weighted by Gasteiger charge is -2.09. The molecule has 116 valence electrons. The van der Waals surface area contributed by atoms with Crippen molar-refractivity contribution in [2.75, 3.05) is 13.2 Å². The van der Waals surface area contributed by atoms with Crippen LogP contribution in [0.15, 0.2) is 48.5 Å². The summed E-state index contributed by atoms with van der Waals surface area (Å²) in [5.41, 5.74) is 0.827. The Morgan fingerprint density at radius 2 is 1.77 bits per heavy atom. The largest absolute Gasteiger partial charge is 0.494 e. The van der Waals surface area contributed by atoms with E-state index >= 15 is 0 Å². The van der Waals surface area contributed by atoms with Crippen LogP contribution in [0.5, 0.6) is 11.5 Å². The maximum absolute atomic E-state index is 12.8. The zero-order chi connectivity index (χ0) is 15.8. The van der Waals surface area contributed by atoms with Gasteiger partial charge >= 0.3 is 0 Å². The number of rotatable bonds is 7. The molecule has 2 aromatic carbocycles. The van der Waals surface area contributed by atoms with Crippen LogP contribution >= 0.6 is 0 Å². The summed E-state index contributed by atoms with van der Waals surface area (Å²) in [6, 6.07) is 13.1. The van der Waals surface area contributed by atoms with Gasteiger partial charge in [0.15, 0.2) is 6.61 Å². The molecule has 0 fully saturated rings. The summed E-state index contributed by atoms with van der Waals surface area (Å²) in [7, 11) is 0. The van der Waals surface area contributed by atoms with Gasteiger partial charge in [-0.25, -0.2) is 4.39 Å². The Hall–Kier alpha value is -2.56. The van der Waals surface area contributed by atoms with Gasteiger partial charge in [-0.3, -0.25) is 4.79 Å². The molecule has 0 spiro atoms. The fourth-order valence-electron chi connectivity index (χ4n) is 1.82. The van der Waals surface area contributed by atoms with Crippen LogP contribution in [-0.4, -0.2) is 19.1 Å². The van der Waals surface area contributed by atoms with Crippen molar-refractivity contribution in [2.24, 2.45) is 0 Å². The standard InChI is InChI=1S/C17H18FNO3/c1-2-21-15-4-3-5-16(10-15)22-12-17(20)19-11-13-6-8-14(18)9-7-13/h3-10H,2,11-12H2,1H3,(H,19,20). The Kier molecular flexibility index (Phi) is 5.77. The molecule has 2 rings (SSSR count). The number of hydrogen-bond acceptors (Lipinski definition) is 3. The van der Waals surface area contributed by atoms with Crippen LogP contribution in [0, 0.1) is 5.82 Å². The molecule has 0 unspecified atom stereocenters. The number of ether oxygens (including phenoxy) is 2. The number of carbonyl (C=O) groups is 1. The Bertz CT molecular complexity index is 614. The van der Waals surface area contributed by atoms with Crippen molar-refractivity contribution in [3.05, 3.63) is 59.9 Å². The van der Waals surface area contributed by atoms with Gasteiger partial charge in [-0.1, -0.05) is 18.2 Å². The summed E-state index contributed by atoms with van der Waals surface area (Å²) in [5, 5.41) is 2.71. The smallest absolute Gasteiger partial charge is 0.258 e. The molecule has 0 bridgehead atoms. The second kappa shape index (κ2) is 8.02. The first-order valence-corrected chi connectivity index (χ1v) is 7.04. The molecule has 0 aliphatic heterocycles. The van der Waals surface area contributed by atoms with Crippen molar-refractivity contribution in [1.82, 2.24) is 5.32 Å². The minimum absolute atomic E-state index is 0.0865. The number of nitrogens with one attached hydrogen (secondary N) is 1. The monoisotopic (exact) mass is 303 g/mol. The maximum atomic E-state index is 12.8. The number of hydrogen-bond donors (Lipinski definition) is 1. The molecule has 0 saturated heterocycles. The molecule has 0 aliphatic carbocycles. The van der Waals surface area contributed by atoms with Gasteiger partial charge < -0.3 is 14.8 Å². The fraction of sp³-hybridized carbons (Fsp3) is 0.235. The van der Waals surface area contributed by atoms with E-state index in [1.807, 2.05) is 13.0 Å². The number of benzene rings is 2. The van der Waals surface area contributed by atoms with Crippen LogP contribution in [0.25, 0.3) is 0 Å². The lowest BCUT2D eigenvalue weighted by atomic mass is 10.2. The number of amides is 1. The van der Waals surface area contributed by atoms with Crippen molar-refractivity contribution in [3.8, 4) is 11.5 Å².